The highest BCUT2D eigenvalue weighted by atomic mass is 35.5. The number of hydrogen-bond acceptors (Lipinski definition) is 19. The third-order valence-corrected chi connectivity index (χ3v) is 26.0. The first-order valence-corrected chi connectivity index (χ1v) is 39.1. The molecule has 536 valence electrons. The van der Waals surface area contributed by atoms with Crippen LogP contribution in [0.3, 0.4) is 0 Å². The van der Waals surface area contributed by atoms with Gasteiger partial charge in [-0.2, -0.15) is 16.8 Å². The Labute approximate surface area is 590 Å². The average Bonchev–Trinajstić information content (AvgIpc) is 1.45. The molecule has 5 N–H and O–H groups in total. The molecule has 10 aliphatic rings. The van der Waals surface area contributed by atoms with Gasteiger partial charge in [-0.05, 0) is 252 Å². The maximum atomic E-state index is 13.2. The van der Waals surface area contributed by atoms with E-state index in [0.717, 1.165) is 69.7 Å². The van der Waals surface area contributed by atoms with Crippen LogP contribution >= 0.6 is 23.2 Å². The Kier molecular flexibility index (Phi) is 19.3. The number of nitrogens with zero attached hydrogens (tertiary/aromatic N) is 7. The molecule has 0 bridgehead atoms. The van der Waals surface area contributed by atoms with Gasteiger partial charge in [0.1, 0.15) is 51.4 Å². The quantitative estimate of drug-likeness (QED) is 0.0288. The number of likely N-dealkylation sites (tertiary alicyclic amines) is 1. The Hall–Kier alpha value is -6.29. The van der Waals surface area contributed by atoms with Gasteiger partial charge in [0.15, 0.2) is 10.1 Å². The third kappa shape index (κ3) is 14.9. The number of ether oxygens (including phenoxy) is 3. The van der Waals surface area contributed by atoms with Crippen molar-refractivity contribution in [3.8, 4) is 0 Å². The van der Waals surface area contributed by atoms with Crippen LogP contribution in [0.25, 0.3) is 0 Å². The summed E-state index contributed by atoms with van der Waals surface area (Å²) < 4.78 is 74.2. The van der Waals surface area contributed by atoms with Gasteiger partial charge < -0.3 is 35.1 Å². The van der Waals surface area contributed by atoms with Crippen molar-refractivity contribution in [2.24, 2.45) is 45.3 Å². The zero-order chi connectivity index (χ0) is 70.3. The van der Waals surface area contributed by atoms with Crippen LogP contribution in [-0.2, 0) is 43.8 Å². The Bertz CT molecular complexity index is 4010. The van der Waals surface area contributed by atoms with Crippen molar-refractivity contribution in [1.82, 2.24) is 39.6 Å². The van der Waals surface area contributed by atoms with E-state index in [4.69, 9.17) is 37.4 Å². The molecule has 14 rings (SSSR count). The number of rotatable bonds is 26. The Morgan fingerprint density at radius 3 is 1.42 bits per heavy atom. The number of sulfonamides is 2. The van der Waals surface area contributed by atoms with Crippen LogP contribution in [0.5, 0.6) is 0 Å². The van der Waals surface area contributed by atoms with Gasteiger partial charge in [-0.1, -0.05) is 35.3 Å². The van der Waals surface area contributed by atoms with Gasteiger partial charge >= 0.3 is 6.09 Å². The highest BCUT2D eigenvalue weighted by molar-refractivity contribution is 7.90. The Balaban J connectivity index is 0.000000179. The fourth-order valence-corrected chi connectivity index (χ4v) is 20.0. The fourth-order valence-electron chi connectivity index (χ4n) is 17.6. The standard InChI is InChI=1S/C38H51ClN6O7S.C33H43ClN6O5S/c1-35(2,3)52-34(48)45-23-24(22-36(45,4)5)8-7-19-40-28-9-6-10-30(41-28)53(49,50)43-32(46)25-11-12-29(42-31(25)39)44-20-13-26(33(44)47)51-21-14-27-37(15-16-37)38(27)17-18-38;1-31(2)19-21(20-36-31)5-4-16-35-25-6-3-7-27(37-25)46(43,44)39-29(41)22-8-9-26(38-28(22)34)40-17-10-23(30(40)42)45-18-11-24-32(12-13-32)33(24)14-15-33/h6,9-12,24,26-27H,7-8,13-23H2,1-5H3,(H,40,41)(H,43,46);3,6-9,21,23-24,36H,4-5,10-20H2,1-2H3,(H,35,37)(H,39,41)/t24-,26?;21-,23?/m00/s1. The molecule has 4 spiro atoms. The second-order valence-electron chi connectivity index (χ2n) is 31.6. The molecule has 2 unspecified atom stereocenters. The molecular weight excluding hydrogens is 1350 g/mol. The summed E-state index contributed by atoms with van der Waals surface area (Å²) >= 11 is 12.7. The normalized spacial score (nSPS) is 24.5. The van der Waals surface area contributed by atoms with Crippen molar-refractivity contribution in [3.05, 3.63) is 82.1 Å². The smallest absolute Gasteiger partial charge is 0.410 e. The molecule has 6 saturated carbocycles. The van der Waals surface area contributed by atoms with Crippen LogP contribution in [-0.4, -0.2) is 153 Å². The minimum absolute atomic E-state index is 0.125. The van der Waals surface area contributed by atoms with Gasteiger partial charge in [0.05, 0.1) is 11.1 Å². The van der Waals surface area contributed by atoms with E-state index in [1.54, 1.807) is 29.2 Å². The largest absolute Gasteiger partial charge is 0.444 e. The summed E-state index contributed by atoms with van der Waals surface area (Å²) in [6.07, 6.45) is 18.2. The van der Waals surface area contributed by atoms with Crippen molar-refractivity contribution in [1.29, 1.82) is 0 Å². The lowest BCUT2D eigenvalue weighted by atomic mass is 9.93. The Morgan fingerprint density at radius 2 is 1.03 bits per heavy atom. The van der Waals surface area contributed by atoms with E-state index in [0.29, 0.717) is 110 Å². The molecule has 5 amide bonds. The maximum absolute atomic E-state index is 13.2. The molecule has 4 aliphatic heterocycles. The molecule has 24 nitrogen and oxygen atoms in total. The zero-order valence-electron chi connectivity index (χ0n) is 57.7. The van der Waals surface area contributed by atoms with E-state index >= 15 is 0 Å². The van der Waals surface area contributed by atoms with Crippen LogP contribution in [0.4, 0.5) is 28.1 Å². The van der Waals surface area contributed by atoms with Gasteiger partial charge in [-0.3, -0.25) is 29.0 Å². The number of halogens is 2. The second kappa shape index (κ2) is 26.8. The monoisotopic (exact) mass is 1440 g/mol. The van der Waals surface area contributed by atoms with Crippen LogP contribution in [0.2, 0.25) is 10.3 Å². The number of hydrogen-bond donors (Lipinski definition) is 5. The molecule has 4 saturated heterocycles. The number of fused-ring (bicyclic) bond motifs is 2. The summed E-state index contributed by atoms with van der Waals surface area (Å²) in [5, 5.41) is 8.82. The lowest BCUT2D eigenvalue weighted by Gasteiger charge is -2.33. The summed E-state index contributed by atoms with van der Waals surface area (Å²) in [5.74, 6) is 1.50. The lowest BCUT2D eigenvalue weighted by Crippen LogP contribution is -2.45. The second-order valence-corrected chi connectivity index (χ2v) is 35.6. The zero-order valence-corrected chi connectivity index (χ0v) is 60.9. The predicted molar refractivity (Wildman–Crippen MR) is 373 cm³/mol. The first-order valence-electron chi connectivity index (χ1n) is 35.4. The minimum Gasteiger partial charge on any atom is -0.444 e. The van der Waals surface area contributed by atoms with Crippen molar-refractivity contribution in [2.45, 2.75) is 203 Å². The number of pyridine rings is 4. The number of anilines is 4. The number of aromatic nitrogens is 4. The van der Waals surface area contributed by atoms with Crippen LogP contribution < -0.4 is 35.2 Å². The summed E-state index contributed by atoms with van der Waals surface area (Å²) in [6.45, 7) is 18.9. The van der Waals surface area contributed by atoms with Crippen molar-refractivity contribution < 1.29 is 55.0 Å². The number of nitrogens with one attached hydrogen (secondary N) is 5. The number of carbonyl (C=O) groups is 5. The van der Waals surface area contributed by atoms with Crippen LogP contribution in [0.1, 0.15) is 185 Å². The topological polar surface area (TPSA) is 303 Å². The molecular formula is C71H94Cl2N12O12S2. The summed E-state index contributed by atoms with van der Waals surface area (Å²) in [5.41, 5.74) is 1.49. The Morgan fingerprint density at radius 1 is 0.596 bits per heavy atom. The molecule has 0 radical (unpaired) electrons. The molecule has 4 atom stereocenters. The van der Waals surface area contributed by atoms with Crippen molar-refractivity contribution >= 4 is 96.2 Å². The molecule has 6 aliphatic carbocycles. The van der Waals surface area contributed by atoms with Gasteiger partial charge in [0.2, 0.25) is 0 Å². The highest BCUT2D eigenvalue weighted by Crippen LogP contribution is 2.94. The molecule has 10 fully saturated rings. The first kappa shape index (κ1) is 71.1. The van der Waals surface area contributed by atoms with Gasteiger partial charge in [0.25, 0.3) is 43.7 Å². The average molecular weight is 1440 g/mol. The molecule has 4 aromatic heterocycles. The van der Waals surface area contributed by atoms with Crippen molar-refractivity contribution in [2.75, 3.05) is 72.9 Å². The summed E-state index contributed by atoms with van der Waals surface area (Å²) in [7, 11) is -8.65. The van der Waals surface area contributed by atoms with Crippen LogP contribution in [0.15, 0.2) is 70.7 Å². The maximum Gasteiger partial charge on any atom is 0.410 e. The number of carbonyl (C=O) groups excluding carboxylic acids is 5. The molecule has 8 heterocycles. The minimum atomic E-state index is -4.36. The van der Waals surface area contributed by atoms with Gasteiger partial charge in [0, 0.05) is 69.9 Å². The SMILES string of the molecule is CC(C)(C)OC(=O)N1C[C@@H](CCCNc2cccc(S(=O)(=O)NC(=O)c3ccc(N4CCC(OCCC5C6(CC6)C56CC6)C4=O)nc3Cl)n2)CC1(C)C.CC1(C)C[C@H](CCCNc2cccc(S(=O)(=O)NC(=O)c3ccc(N4CCC(OCCC5C6(CC6)C56CC6)C4=O)nc3Cl)n2)CN1. The van der Waals surface area contributed by atoms with Crippen LogP contribution in [0, 0.1) is 45.3 Å². The van der Waals surface area contributed by atoms with E-state index in [9.17, 15) is 40.8 Å². The first-order chi connectivity index (χ1) is 46.9. The molecule has 0 aromatic carbocycles. The van der Waals surface area contributed by atoms with E-state index in [2.05, 4.69) is 49.7 Å². The summed E-state index contributed by atoms with van der Waals surface area (Å²) in [6, 6.07) is 14.8. The summed E-state index contributed by atoms with van der Waals surface area (Å²) in [4.78, 5) is 86.8. The molecule has 4 aromatic rings. The number of amides is 5. The van der Waals surface area contributed by atoms with E-state index in [-0.39, 0.29) is 66.3 Å². The molecule has 99 heavy (non-hydrogen) atoms. The van der Waals surface area contributed by atoms with Gasteiger partial charge in [-0.25, -0.2) is 34.2 Å². The molecule has 28 heteroatoms. The highest BCUT2D eigenvalue weighted by Gasteiger charge is 2.86. The van der Waals surface area contributed by atoms with E-state index < -0.39 is 49.7 Å². The fraction of sp³-hybridized carbons (Fsp3) is 0.648. The van der Waals surface area contributed by atoms with Gasteiger partial charge in [-0.15, -0.1) is 0 Å². The third-order valence-electron chi connectivity index (χ3n) is 23.0. The van der Waals surface area contributed by atoms with E-state index in [1.165, 1.54) is 97.6 Å². The predicted octanol–water partition coefficient (Wildman–Crippen LogP) is 10.7. The van der Waals surface area contributed by atoms with Crippen molar-refractivity contribution in [3.63, 3.8) is 0 Å². The lowest BCUT2D eigenvalue weighted by molar-refractivity contribution is -0.127. The van der Waals surface area contributed by atoms with E-state index in [1.807, 2.05) is 44.1 Å².